The monoisotopic (exact) mass is 264 g/mol. The maximum Gasteiger partial charge on any atom is 0.260 e. The summed E-state index contributed by atoms with van der Waals surface area (Å²) in [6.07, 6.45) is 0. The minimum absolute atomic E-state index is 0.0983. The second kappa shape index (κ2) is 6.22. The number of ether oxygens (including phenoxy) is 1. The molecule has 2 N–H and O–H groups in total. The molecule has 0 spiro atoms. The van der Waals surface area contributed by atoms with Gasteiger partial charge in [-0.25, -0.2) is 0 Å². The number of carbonyl (C=O) groups excluding carboxylic acids is 2. The van der Waals surface area contributed by atoms with E-state index in [1.165, 1.54) is 6.92 Å². The Labute approximate surface area is 113 Å². The van der Waals surface area contributed by atoms with Crippen LogP contribution in [0.25, 0.3) is 0 Å². The summed E-state index contributed by atoms with van der Waals surface area (Å²) in [6.45, 7) is 5.17. The van der Waals surface area contributed by atoms with Gasteiger partial charge < -0.3 is 15.4 Å². The quantitative estimate of drug-likeness (QED) is 0.649. The Balaban J connectivity index is 2.78. The molecule has 0 saturated carbocycles. The molecule has 0 fully saturated rings. The van der Waals surface area contributed by atoms with Gasteiger partial charge in [-0.15, -0.1) is 0 Å². The lowest BCUT2D eigenvalue weighted by Gasteiger charge is -2.21. The number of hydrogen-bond donors (Lipinski definition) is 1. The standard InChI is InChI=1S/C14H20N2O3/c1-9(2)16(4)14(18)8-19-13-6-5-11(15)7-12(13)10(3)17/h5-7,9H,8,15H2,1-4H3. The topological polar surface area (TPSA) is 72.6 Å². The molecule has 104 valence electrons. The Morgan fingerprint density at radius 1 is 1.37 bits per heavy atom. The number of carbonyl (C=O) groups is 2. The number of likely N-dealkylation sites (N-methyl/N-ethyl adjacent to an activating group) is 1. The van der Waals surface area contributed by atoms with Crippen molar-refractivity contribution in [2.75, 3.05) is 19.4 Å². The zero-order valence-electron chi connectivity index (χ0n) is 11.8. The summed E-state index contributed by atoms with van der Waals surface area (Å²) in [5, 5.41) is 0. The van der Waals surface area contributed by atoms with E-state index < -0.39 is 0 Å². The van der Waals surface area contributed by atoms with Crippen LogP contribution in [-0.4, -0.2) is 36.3 Å². The van der Waals surface area contributed by atoms with Crippen molar-refractivity contribution >= 4 is 17.4 Å². The Morgan fingerprint density at radius 3 is 2.53 bits per heavy atom. The van der Waals surface area contributed by atoms with Crippen LogP contribution >= 0.6 is 0 Å². The first-order valence-electron chi connectivity index (χ1n) is 6.12. The van der Waals surface area contributed by atoms with Gasteiger partial charge in [0.1, 0.15) is 5.75 Å². The molecule has 0 aliphatic carbocycles. The van der Waals surface area contributed by atoms with Crippen molar-refractivity contribution in [1.29, 1.82) is 0 Å². The average Bonchev–Trinajstić information content (AvgIpc) is 2.35. The lowest BCUT2D eigenvalue weighted by atomic mass is 10.1. The Bertz CT molecular complexity index is 484. The van der Waals surface area contributed by atoms with Gasteiger partial charge in [-0.2, -0.15) is 0 Å². The lowest BCUT2D eigenvalue weighted by molar-refractivity contribution is -0.133. The van der Waals surface area contributed by atoms with Gasteiger partial charge >= 0.3 is 0 Å². The van der Waals surface area contributed by atoms with E-state index in [1.54, 1.807) is 30.1 Å². The molecule has 0 aliphatic rings. The first-order valence-corrected chi connectivity index (χ1v) is 6.12. The molecule has 1 amide bonds. The zero-order valence-corrected chi connectivity index (χ0v) is 11.8. The third-order valence-corrected chi connectivity index (χ3v) is 2.90. The summed E-state index contributed by atoms with van der Waals surface area (Å²) in [7, 11) is 1.71. The van der Waals surface area contributed by atoms with Crippen molar-refractivity contribution in [2.45, 2.75) is 26.8 Å². The van der Waals surface area contributed by atoms with E-state index >= 15 is 0 Å². The summed E-state index contributed by atoms with van der Waals surface area (Å²) in [6, 6.07) is 4.90. The number of hydrogen-bond acceptors (Lipinski definition) is 4. The molecule has 0 radical (unpaired) electrons. The normalized spacial score (nSPS) is 10.4. The van der Waals surface area contributed by atoms with Crippen LogP contribution < -0.4 is 10.5 Å². The maximum atomic E-state index is 11.8. The molecule has 1 aromatic carbocycles. The van der Waals surface area contributed by atoms with Gasteiger partial charge in [-0.1, -0.05) is 0 Å². The predicted octanol–water partition coefficient (Wildman–Crippen LogP) is 1.72. The van der Waals surface area contributed by atoms with E-state index in [9.17, 15) is 9.59 Å². The fraction of sp³-hybridized carbons (Fsp3) is 0.429. The first-order chi connectivity index (χ1) is 8.82. The van der Waals surface area contributed by atoms with E-state index in [-0.39, 0.29) is 24.3 Å². The molecular weight excluding hydrogens is 244 g/mol. The molecule has 1 rings (SSSR count). The lowest BCUT2D eigenvalue weighted by Crippen LogP contribution is -2.36. The molecule has 0 unspecified atom stereocenters. The Hall–Kier alpha value is -2.04. The molecule has 5 heteroatoms. The number of nitrogen functional groups attached to an aromatic ring is 1. The number of benzene rings is 1. The molecule has 0 atom stereocenters. The van der Waals surface area contributed by atoms with Crippen LogP contribution in [-0.2, 0) is 4.79 Å². The highest BCUT2D eigenvalue weighted by molar-refractivity contribution is 5.97. The largest absolute Gasteiger partial charge is 0.483 e. The Morgan fingerprint density at radius 2 is 2.00 bits per heavy atom. The molecule has 0 aliphatic heterocycles. The number of rotatable bonds is 5. The smallest absolute Gasteiger partial charge is 0.260 e. The van der Waals surface area contributed by atoms with E-state index in [0.29, 0.717) is 17.0 Å². The summed E-state index contributed by atoms with van der Waals surface area (Å²) >= 11 is 0. The molecule has 5 nitrogen and oxygen atoms in total. The SMILES string of the molecule is CC(=O)c1cc(N)ccc1OCC(=O)N(C)C(C)C. The minimum Gasteiger partial charge on any atom is -0.483 e. The zero-order chi connectivity index (χ0) is 14.6. The highest BCUT2D eigenvalue weighted by Crippen LogP contribution is 2.22. The molecule has 0 bridgehead atoms. The number of nitrogens with two attached hydrogens (primary N) is 1. The van der Waals surface area contributed by atoms with Gasteiger partial charge in [0, 0.05) is 18.8 Å². The molecule has 0 aromatic heterocycles. The van der Waals surface area contributed by atoms with Crippen molar-refractivity contribution < 1.29 is 14.3 Å². The minimum atomic E-state index is -0.146. The summed E-state index contributed by atoms with van der Waals surface area (Å²) in [5.41, 5.74) is 6.50. The van der Waals surface area contributed by atoms with E-state index in [4.69, 9.17) is 10.5 Å². The van der Waals surface area contributed by atoms with Crippen LogP contribution in [0.1, 0.15) is 31.1 Å². The third kappa shape index (κ3) is 3.98. The van der Waals surface area contributed by atoms with Gasteiger partial charge in [0.25, 0.3) is 5.91 Å². The van der Waals surface area contributed by atoms with Crippen molar-refractivity contribution in [2.24, 2.45) is 0 Å². The molecular formula is C14H20N2O3. The molecule has 0 saturated heterocycles. The fourth-order valence-corrected chi connectivity index (χ4v) is 1.48. The third-order valence-electron chi connectivity index (χ3n) is 2.90. The summed E-state index contributed by atoms with van der Waals surface area (Å²) in [4.78, 5) is 24.9. The number of ketones is 1. The highest BCUT2D eigenvalue weighted by atomic mass is 16.5. The molecule has 1 aromatic rings. The van der Waals surface area contributed by atoms with Gasteiger partial charge in [-0.3, -0.25) is 9.59 Å². The first kappa shape index (κ1) is 15.0. The predicted molar refractivity (Wildman–Crippen MR) is 74.3 cm³/mol. The van der Waals surface area contributed by atoms with E-state index in [2.05, 4.69) is 0 Å². The van der Waals surface area contributed by atoms with Crippen LogP contribution in [0.4, 0.5) is 5.69 Å². The number of nitrogens with zero attached hydrogens (tertiary/aromatic N) is 1. The summed E-state index contributed by atoms with van der Waals surface area (Å²) < 4.78 is 5.42. The van der Waals surface area contributed by atoms with Crippen molar-refractivity contribution in [3.8, 4) is 5.75 Å². The van der Waals surface area contributed by atoms with Crippen molar-refractivity contribution in [3.05, 3.63) is 23.8 Å². The second-order valence-electron chi connectivity index (χ2n) is 4.70. The van der Waals surface area contributed by atoms with E-state index in [0.717, 1.165) is 0 Å². The van der Waals surface area contributed by atoms with Gasteiger partial charge in [-0.05, 0) is 39.0 Å². The number of anilines is 1. The number of Topliss-reactive ketones (excluding diaryl/α,β-unsaturated/α-hetero) is 1. The van der Waals surface area contributed by atoms with Crippen LogP contribution in [0.2, 0.25) is 0 Å². The highest BCUT2D eigenvalue weighted by Gasteiger charge is 2.15. The Kier molecular flexibility index (Phi) is 4.92. The van der Waals surface area contributed by atoms with Gasteiger partial charge in [0.15, 0.2) is 12.4 Å². The molecule has 19 heavy (non-hydrogen) atoms. The maximum absolute atomic E-state index is 11.8. The second-order valence-corrected chi connectivity index (χ2v) is 4.70. The molecule has 0 heterocycles. The van der Waals surface area contributed by atoms with Crippen LogP contribution in [0.3, 0.4) is 0 Å². The van der Waals surface area contributed by atoms with Crippen LogP contribution in [0.5, 0.6) is 5.75 Å². The van der Waals surface area contributed by atoms with Crippen molar-refractivity contribution in [1.82, 2.24) is 4.90 Å². The fourth-order valence-electron chi connectivity index (χ4n) is 1.48. The van der Waals surface area contributed by atoms with Crippen LogP contribution in [0.15, 0.2) is 18.2 Å². The van der Waals surface area contributed by atoms with Crippen molar-refractivity contribution in [3.63, 3.8) is 0 Å². The summed E-state index contributed by atoms with van der Waals surface area (Å²) in [5.74, 6) is 0.0977. The average molecular weight is 264 g/mol. The number of amides is 1. The van der Waals surface area contributed by atoms with Crippen LogP contribution in [0, 0.1) is 0 Å². The van der Waals surface area contributed by atoms with E-state index in [1.807, 2.05) is 13.8 Å². The van der Waals surface area contributed by atoms with Gasteiger partial charge in [0.2, 0.25) is 0 Å². The van der Waals surface area contributed by atoms with Gasteiger partial charge in [0.05, 0.1) is 5.56 Å².